The largest absolute Gasteiger partial charge is 0.393 e. The van der Waals surface area contributed by atoms with Crippen LogP contribution in [0, 0.1) is 11.3 Å². The molecule has 0 amide bonds. The van der Waals surface area contributed by atoms with Crippen LogP contribution >= 0.6 is 0 Å². The van der Waals surface area contributed by atoms with Gasteiger partial charge in [0.15, 0.2) is 0 Å². The van der Waals surface area contributed by atoms with Gasteiger partial charge >= 0.3 is 0 Å². The molecule has 0 bridgehead atoms. The zero-order valence-electron chi connectivity index (χ0n) is 9.42. The molecule has 0 saturated heterocycles. The van der Waals surface area contributed by atoms with E-state index in [-0.39, 0.29) is 6.10 Å². The average molecular weight is 197 g/mol. The van der Waals surface area contributed by atoms with E-state index in [1.54, 1.807) is 0 Å². The maximum atomic E-state index is 9.54. The second-order valence-electron chi connectivity index (χ2n) is 5.84. The van der Waals surface area contributed by atoms with E-state index in [4.69, 9.17) is 0 Å². The van der Waals surface area contributed by atoms with Gasteiger partial charge in [-0.15, -0.1) is 0 Å². The molecule has 2 heteroatoms. The summed E-state index contributed by atoms with van der Waals surface area (Å²) in [6.07, 6.45) is 5.84. The summed E-state index contributed by atoms with van der Waals surface area (Å²) >= 11 is 0. The second-order valence-corrected chi connectivity index (χ2v) is 5.84. The van der Waals surface area contributed by atoms with Crippen molar-refractivity contribution >= 4 is 0 Å². The van der Waals surface area contributed by atoms with Gasteiger partial charge in [0, 0.05) is 6.04 Å². The molecule has 3 atom stereocenters. The van der Waals surface area contributed by atoms with Crippen LogP contribution in [-0.2, 0) is 0 Å². The van der Waals surface area contributed by atoms with E-state index in [0.29, 0.717) is 5.41 Å². The molecule has 0 aromatic carbocycles. The van der Waals surface area contributed by atoms with Gasteiger partial charge in [-0.2, -0.15) is 0 Å². The van der Waals surface area contributed by atoms with Gasteiger partial charge in [0.2, 0.25) is 0 Å². The van der Waals surface area contributed by atoms with Crippen LogP contribution in [0.2, 0.25) is 0 Å². The van der Waals surface area contributed by atoms with Crippen LogP contribution < -0.4 is 5.32 Å². The Balaban J connectivity index is 1.66. The number of hydrogen-bond donors (Lipinski definition) is 2. The number of nitrogens with one attached hydrogen (secondary N) is 1. The molecule has 3 unspecified atom stereocenters. The van der Waals surface area contributed by atoms with Crippen molar-refractivity contribution in [2.24, 2.45) is 11.3 Å². The summed E-state index contributed by atoms with van der Waals surface area (Å²) < 4.78 is 0. The number of aliphatic hydroxyl groups is 1. The molecule has 2 N–H and O–H groups in total. The summed E-state index contributed by atoms with van der Waals surface area (Å²) in [6, 6.07) is 0.738. The van der Waals surface area contributed by atoms with Crippen molar-refractivity contribution in [2.45, 2.75) is 58.1 Å². The fraction of sp³-hybridized carbons (Fsp3) is 1.00. The van der Waals surface area contributed by atoms with Crippen LogP contribution in [0.3, 0.4) is 0 Å². The van der Waals surface area contributed by atoms with Gasteiger partial charge in [-0.3, -0.25) is 0 Å². The standard InChI is InChI=1S/C12H23NO/c1-12(2)7-11(12)13-8-9-4-3-5-10(14)6-9/h9-11,13-14H,3-8H2,1-2H3. The molecule has 0 radical (unpaired) electrons. The molecule has 0 spiro atoms. The van der Waals surface area contributed by atoms with Gasteiger partial charge in [-0.05, 0) is 43.6 Å². The van der Waals surface area contributed by atoms with Crippen LogP contribution in [0.25, 0.3) is 0 Å². The van der Waals surface area contributed by atoms with E-state index in [2.05, 4.69) is 19.2 Å². The van der Waals surface area contributed by atoms with Crippen molar-refractivity contribution in [1.82, 2.24) is 5.32 Å². The first-order valence-corrected chi connectivity index (χ1v) is 5.99. The monoisotopic (exact) mass is 197 g/mol. The zero-order chi connectivity index (χ0) is 10.2. The first kappa shape index (κ1) is 10.4. The summed E-state index contributed by atoms with van der Waals surface area (Å²) in [7, 11) is 0. The molecule has 14 heavy (non-hydrogen) atoms. The number of rotatable bonds is 3. The lowest BCUT2D eigenvalue weighted by molar-refractivity contribution is 0.100. The highest BCUT2D eigenvalue weighted by atomic mass is 16.3. The van der Waals surface area contributed by atoms with Crippen molar-refractivity contribution in [1.29, 1.82) is 0 Å². The lowest BCUT2D eigenvalue weighted by Crippen LogP contribution is -2.31. The van der Waals surface area contributed by atoms with Gasteiger partial charge in [0.05, 0.1) is 6.10 Å². The summed E-state index contributed by atoms with van der Waals surface area (Å²) in [5, 5.41) is 13.2. The van der Waals surface area contributed by atoms with Crippen LogP contribution in [0.5, 0.6) is 0 Å². The number of hydrogen-bond acceptors (Lipinski definition) is 2. The Kier molecular flexibility index (Phi) is 2.85. The minimum atomic E-state index is -0.0252. The average Bonchev–Trinajstić information content (AvgIpc) is 2.71. The lowest BCUT2D eigenvalue weighted by Gasteiger charge is -2.26. The summed E-state index contributed by atoms with van der Waals surface area (Å²) in [5.41, 5.74) is 0.535. The van der Waals surface area contributed by atoms with E-state index in [1.165, 1.54) is 19.3 Å². The Morgan fingerprint density at radius 3 is 2.64 bits per heavy atom. The Bertz CT molecular complexity index is 202. The zero-order valence-corrected chi connectivity index (χ0v) is 9.42. The normalized spacial score (nSPS) is 40.9. The van der Waals surface area contributed by atoms with Crippen molar-refractivity contribution in [3.05, 3.63) is 0 Å². The molecule has 82 valence electrons. The predicted octanol–water partition coefficient (Wildman–Crippen LogP) is 1.93. The lowest BCUT2D eigenvalue weighted by atomic mass is 9.87. The molecular formula is C12H23NO. The van der Waals surface area contributed by atoms with Crippen LogP contribution in [0.1, 0.15) is 46.0 Å². The summed E-state index contributed by atoms with van der Waals surface area (Å²) in [4.78, 5) is 0. The topological polar surface area (TPSA) is 32.3 Å². The van der Waals surface area contributed by atoms with E-state index in [9.17, 15) is 5.11 Å². The first-order chi connectivity index (χ1) is 6.58. The third kappa shape index (κ3) is 2.48. The van der Waals surface area contributed by atoms with Crippen LogP contribution in [0.15, 0.2) is 0 Å². The molecule has 0 heterocycles. The van der Waals surface area contributed by atoms with E-state index in [0.717, 1.165) is 31.3 Å². The highest BCUT2D eigenvalue weighted by Crippen LogP contribution is 2.44. The fourth-order valence-corrected chi connectivity index (χ4v) is 2.57. The molecule has 0 aromatic heterocycles. The highest BCUT2D eigenvalue weighted by Gasteiger charge is 2.45. The molecule has 0 aromatic rings. The smallest absolute Gasteiger partial charge is 0.0543 e. The highest BCUT2D eigenvalue weighted by molar-refractivity contribution is 5.01. The van der Waals surface area contributed by atoms with Crippen molar-refractivity contribution in [3.8, 4) is 0 Å². The van der Waals surface area contributed by atoms with Gasteiger partial charge < -0.3 is 10.4 Å². The first-order valence-electron chi connectivity index (χ1n) is 5.99. The molecule has 2 nitrogen and oxygen atoms in total. The third-order valence-corrected chi connectivity index (χ3v) is 3.92. The van der Waals surface area contributed by atoms with Crippen LogP contribution in [0.4, 0.5) is 0 Å². The molecule has 2 saturated carbocycles. The maximum absolute atomic E-state index is 9.54. The Morgan fingerprint density at radius 2 is 2.07 bits per heavy atom. The fourth-order valence-electron chi connectivity index (χ4n) is 2.57. The molecule has 0 aliphatic heterocycles. The van der Waals surface area contributed by atoms with Crippen LogP contribution in [-0.4, -0.2) is 23.8 Å². The molecule has 2 fully saturated rings. The minimum absolute atomic E-state index is 0.0252. The summed E-state index contributed by atoms with van der Waals surface area (Å²) in [6.45, 7) is 5.76. The predicted molar refractivity (Wildman–Crippen MR) is 58.2 cm³/mol. The maximum Gasteiger partial charge on any atom is 0.0543 e. The molecule has 2 aliphatic rings. The van der Waals surface area contributed by atoms with Gasteiger partial charge in [0.1, 0.15) is 0 Å². The Morgan fingerprint density at radius 1 is 1.36 bits per heavy atom. The Hall–Kier alpha value is -0.0800. The van der Waals surface area contributed by atoms with Crippen molar-refractivity contribution < 1.29 is 5.11 Å². The SMILES string of the molecule is CC1(C)CC1NCC1CCCC(O)C1. The number of aliphatic hydroxyl groups excluding tert-OH is 1. The second kappa shape index (κ2) is 3.82. The van der Waals surface area contributed by atoms with Gasteiger partial charge in [-0.1, -0.05) is 20.3 Å². The van der Waals surface area contributed by atoms with E-state index in [1.807, 2.05) is 0 Å². The van der Waals surface area contributed by atoms with Gasteiger partial charge in [0.25, 0.3) is 0 Å². The van der Waals surface area contributed by atoms with Gasteiger partial charge in [-0.25, -0.2) is 0 Å². The summed E-state index contributed by atoms with van der Waals surface area (Å²) in [5.74, 6) is 0.718. The molecule has 2 rings (SSSR count). The van der Waals surface area contributed by atoms with E-state index >= 15 is 0 Å². The van der Waals surface area contributed by atoms with E-state index < -0.39 is 0 Å². The van der Waals surface area contributed by atoms with Crippen molar-refractivity contribution in [2.75, 3.05) is 6.54 Å². The molecular weight excluding hydrogens is 174 g/mol. The van der Waals surface area contributed by atoms with Crippen molar-refractivity contribution in [3.63, 3.8) is 0 Å². The molecule has 2 aliphatic carbocycles. The third-order valence-electron chi connectivity index (χ3n) is 3.92. The quantitative estimate of drug-likeness (QED) is 0.724. The Labute approximate surface area is 87.1 Å². The minimum Gasteiger partial charge on any atom is -0.393 e.